The monoisotopic (exact) mass is 207 g/mol. The highest BCUT2D eigenvalue weighted by molar-refractivity contribution is 5.90. The van der Waals surface area contributed by atoms with Crippen LogP contribution in [0.1, 0.15) is 33.6 Å². The highest BCUT2D eigenvalue weighted by atomic mass is 19.4. The second kappa shape index (κ2) is 3.55. The van der Waals surface area contributed by atoms with Crippen LogP contribution >= 0.6 is 0 Å². The number of hydrogen-bond donors (Lipinski definition) is 0. The van der Waals surface area contributed by atoms with E-state index in [0.717, 1.165) is 0 Å². The number of halogens is 3. The highest BCUT2D eigenvalue weighted by Crippen LogP contribution is 2.34. The SMILES string of the molecule is CC(C)(C)C1CCC(C(F)(F)F)=NC1. The third kappa shape index (κ3) is 2.72. The van der Waals surface area contributed by atoms with E-state index in [9.17, 15) is 13.2 Å². The molecule has 0 aliphatic carbocycles. The van der Waals surface area contributed by atoms with E-state index in [1.54, 1.807) is 0 Å². The molecule has 0 spiro atoms. The van der Waals surface area contributed by atoms with E-state index in [1.165, 1.54) is 0 Å². The highest BCUT2D eigenvalue weighted by Gasteiger charge is 2.38. The first-order valence-corrected chi connectivity index (χ1v) is 4.82. The fourth-order valence-corrected chi connectivity index (χ4v) is 1.64. The van der Waals surface area contributed by atoms with Crippen LogP contribution in [0.4, 0.5) is 13.2 Å². The van der Waals surface area contributed by atoms with Crippen molar-refractivity contribution >= 4 is 5.71 Å². The quantitative estimate of drug-likeness (QED) is 0.577. The zero-order valence-electron chi connectivity index (χ0n) is 8.78. The van der Waals surface area contributed by atoms with Crippen molar-refractivity contribution < 1.29 is 13.2 Å². The summed E-state index contributed by atoms with van der Waals surface area (Å²) in [5.41, 5.74) is -0.529. The Hall–Kier alpha value is -0.540. The number of rotatable bonds is 0. The van der Waals surface area contributed by atoms with Crippen molar-refractivity contribution in [3.05, 3.63) is 0 Å². The van der Waals surface area contributed by atoms with Gasteiger partial charge in [0, 0.05) is 6.54 Å². The van der Waals surface area contributed by atoms with E-state index in [4.69, 9.17) is 0 Å². The van der Waals surface area contributed by atoms with Crippen molar-refractivity contribution in [3.63, 3.8) is 0 Å². The molecule has 1 unspecified atom stereocenters. The summed E-state index contributed by atoms with van der Waals surface area (Å²) >= 11 is 0. The van der Waals surface area contributed by atoms with Crippen molar-refractivity contribution in [1.82, 2.24) is 0 Å². The molecule has 0 aromatic heterocycles. The first-order chi connectivity index (χ1) is 6.21. The summed E-state index contributed by atoms with van der Waals surface area (Å²) in [6.07, 6.45) is -3.55. The predicted octanol–water partition coefficient (Wildman–Crippen LogP) is 3.45. The van der Waals surface area contributed by atoms with Gasteiger partial charge in [-0.2, -0.15) is 13.2 Å². The summed E-state index contributed by atoms with van der Waals surface area (Å²) in [4.78, 5) is 3.64. The first-order valence-electron chi connectivity index (χ1n) is 4.82. The van der Waals surface area contributed by atoms with Gasteiger partial charge < -0.3 is 0 Å². The van der Waals surface area contributed by atoms with Gasteiger partial charge in [-0.05, 0) is 24.2 Å². The topological polar surface area (TPSA) is 12.4 Å². The molecule has 0 aromatic rings. The van der Waals surface area contributed by atoms with Crippen LogP contribution in [0.2, 0.25) is 0 Å². The van der Waals surface area contributed by atoms with E-state index in [0.29, 0.717) is 13.0 Å². The second-order valence-corrected chi connectivity index (χ2v) is 4.89. The molecule has 1 nitrogen and oxygen atoms in total. The van der Waals surface area contributed by atoms with Gasteiger partial charge in [-0.25, -0.2) is 0 Å². The lowest BCUT2D eigenvalue weighted by Gasteiger charge is -2.32. The lowest BCUT2D eigenvalue weighted by atomic mass is 9.76. The van der Waals surface area contributed by atoms with Crippen LogP contribution in [-0.4, -0.2) is 18.4 Å². The van der Waals surface area contributed by atoms with Crippen LogP contribution in [0.5, 0.6) is 0 Å². The maximum atomic E-state index is 12.2. The maximum absolute atomic E-state index is 12.2. The molecule has 14 heavy (non-hydrogen) atoms. The summed E-state index contributed by atoms with van der Waals surface area (Å²) in [7, 11) is 0. The van der Waals surface area contributed by atoms with E-state index in [-0.39, 0.29) is 17.8 Å². The fourth-order valence-electron chi connectivity index (χ4n) is 1.64. The van der Waals surface area contributed by atoms with Crippen LogP contribution < -0.4 is 0 Å². The molecule has 0 fully saturated rings. The molecule has 1 aliphatic rings. The minimum atomic E-state index is -4.22. The average Bonchev–Trinajstić information content (AvgIpc) is 2.01. The number of hydrogen-bond acceptors (Lipinski definition) is 1. The van der Waals surface area contributed by atoms with Crippen LogP contribution in [0.15, 0.2) is 4.99 Å². The molecule has 0 saturated heterocycles. The molecule has 0 aromatic carbocycles. The van der Waals surface area contributed by atoms with E-state index in [2.05, 4.69) is 4.99 Å². The standard InChI is InChI=1S/C10H16F3N/c1-9(2,3)7-4-5-8(14-6-7)10(11,12)13/h7H,4-6H2,1-3H3. The Morgan fingerprint density at radius 1 is 1.21 bits per heavy atom. The van der Waals surface area contributed by atoms with Gasteiger partial charge in [-0.1, -0.05) is 20.8 Å². The fraction of sp³-hybridized carbons (Fsp3) is 0.900. The molecule has 1 rings (SSSR count). The Labute approximate surface area is 82.4 Å². The lowest BCUT2D eigenvalue weighted by molar-refractivity contribution is -0.0620. The molecular formula is C10H16F3N. The van der Waals surface area contributed by atoms with Gasteiger partial charge in [0.2, 0.25) is 0 Å². The summed E-state index contributed by atoms with van der Waals surface area (Å²) in [6.45, 7) is 6.46. The molecule has 82 valence electrons. The molecule has 0 N–H and O–H groups in total. The third-order valence-electron chi connectivity index (χ3n) is 2.78. The summed E-state index contributed by atoms with van der Waals surface area (Å²) in [5.74, 6) is 0.272. The van der Waals surface area contributed by atoms with Crippen molar-refractivity contribution in [2.75, 3.05) is 6.54 Å². The molecule has 1 aliphatic heterocycles. The zero-order valence-corrected chi connectivity index (χ0v) is 8.78. The average molecular weight is 207 g/mol. The third-order valence-corrected chi connectivity index (χ3v) is 2.78. The van der Waals surface area contributed by atoms with Crippen LogP contribution in [0, 0.1) is 11.3 Å². The maximum Gasteiger partial charge on any atom is 0.429 e. The van der Waals surface area contributed by atoms with E-state index in [1.807, 2.05) is 20.8 Å². The zero-order chi connectivity index (χ0) is 11.0. The van der Waals surface area contributed by atoms with Crippen LogP contribution in [0.25, 0.3) is 0 Å². The minimum Gasteiger partial charge on any atom is -0.284 e. The number of alkyl halides is 3. The van der Waals surface area contributed by atoms with Gasteiger partial charge in [0.15, 0.2) is 0 Å². The van der Waals surface area contributed by atoms with Crippen molar-refractivity contribution in [2.24, 2.45) is 16.3 Å². The molecule has 1 atom stereocenters. The molecule has 4 heteroatoms. The minimum absolute atomic E-state index is 0.0562. The van der Waals surface area contributed by atoms with Crippen LogP contribution in [-0.2, 0) is 0 Å². The van der Waals surface area contributed by atoms with Gasteiger partial charge in [0.25, 0.3) is 0 Å². The summed E-state index contributed by atoms with van der Waals surface area (Å²) in [6, 6.07) is 0. The molecular weight excluding hydrogens is 191 g/mol. The Morgan fingerprint density at radius 3 is 2.07 bits per heavy atom. The second-order valence-electron chi connectivity index (χ2n) is 4.89. The number of nitrogens with zero attached hydrogens (tertiary/aromatic N) is 1. The van der Waals surface area contributed by atoms with Gasteiger partial charge in [-0.15, -0.1) is 0 Å². The predicted molar refractivity (Wildman–Crippen MR) is 50.5 cm³/mol. The van der Waals surface area contributed by atoms with Gasteiger partial charge in [0.05, 0.1) is 0 Å². The smallest absolute Gasteiger partial charge is 0.284 e. The largest absolute Gasteiger partial charge is 0.429 e. The van der Waals surface area contributed by atoms with Crippen molar-refractivity contribution in [3.8, 4) is 0 Å². The van der Waals surface area contributed by atoms with Gasteiger partial charge in [-0.3, -0.25) is 4.99 Å². The molecule has 0 radical (unpaired) electrons. The van der Waals surface area contributed by atoms with Gasteiger partial charge in [0.1, 0.15) is 5.71 Å². The van der Waals surface area contributed by atoms with Crippen molar-refractivity contribution in [1.29, 1.82) is 0 Å². The Morgan fingerprint density at radius 2 is 1.79 bits per heavy atom. The van der Waals surface area contributed by atoms with Gasteiger partial charge >= 0.3 is 6.18 Å². The Bertz CT molecular complexity index is 235. The van der Waals surface area contributed by atoms with E-state index >= 15 is 0 Å². The Balaban J connectivity index is 2.65. The molecule has 1 heterocycles. The summed E-state index contributed by atoms with van der Waals surface area (Å²) in [5, 5.41) is 0. The molecule has 0 saturated carbocycles. The Kier molecular flexibility index (Phi) is 2.93. The number of aliphatic imine (C=N–C) groups is 1. The lowest BCUT2D eigenvalue weighted by Crippen LogP contribution is -2.33. The first kappa shape index (κ1) is 11.5. The van der Waals surface area contributed by atoms with Crippen molar-refractivity contribution in [2.45, 2.75) is 39.8 Å². The molecule has 0 amide bonds. The molecule has 0 bridgehead atoms. The summed E-state index contributed by atoms with van der Waals surface area (Å²) < 4.78 is 36.7. The normalized spacial score (nSPS) is 24.7. The van der Waals surface area contributed by atoms with Crippen LogP contribution in [0.3, 0.4) is 0 Å². The van der Waals surface area contributed by atoms with E-state index < -0.39 is 11.9 Å².